The fourth-order valence-corrected chi connectivity index (χ4v) is 2.61. The van der Waals surface area contributed by atoms with E-state index in [9.17, 15) is 23.7 Å². The van der Waals surface area contributed by atoms with Gasteiger partial charge in [-0.1, -0.05) is 12.1 Å². The highest BCUT2D eigenvalue weighted by Crippen LogP contribution is 2.25. The molecule has 0 aliphatic carbocycles. The number of hydrogen-bond donors (Lipinski definition) is 0. The van der Waals surface area contributed by atoms with E-state index in [0.29, 0.717) is 5.56 Å². The number of carbonyl (C=O) groups excluding carboxylic acids is 1. The van der Waals surface area contributed by atoms with Crippen molar-refractivity contribution < 1.29 is 18.5 Å². The summed E-state index contributed by atoms with van der Waals surface area (Å²) in [6.07, 6.45) is 0. The van der Waals surface area contributed by atoms with Crippen molar-refractivity contribution >= 4 is 23.2 Å². The number of nitrogens with zero attached hydrogens (tertiary/aromatic N) is 1. The van der Waals surface area contributed by atoms with Crippen molar-refractivity contribution in [3.63, 3.8) is 0 Å². The molecule has 0 radical (unpaired) electrons. The lowest BCUT2D eigenvalue weighted by molar-refractivity contribution is -0.385. The fraction of sp³-hybridized carbons (Fsp3) is 0.133. The van der Waals surface area contributed by atoms with Gasteiger partial charge in [0, 0.05) is 28.2 Å². The smallest absolute Gasteiger partial charge is 0.273 e. The molecule has 114 valence electrons. The molecule has 0 atom stereocenters. The van der Waals surface area contributed by atoms with Crippen molar-refractivity contribution in [2.45, 2.75) is 11.8 Å². The first-order valence-corrected chi connectivity index (χ1v) is 7.23. The molecule has 0 aliphatic heterocycles. The Morgan fingerprint density at radius 3 is 2.59 bits per heavy atom. The summed E-state index contributed by atoms with van der Waals surface area (Å²) < 4.78 is 26.3. The van der Waals surface area contributed by atoms with E-state index in [-0.39, 0.29) is 27.7 Å². The molecule has 2 rings (SSSR count). The average molecular weight is 323 g/mol. The van der Waals surface area contributed by atoms with Gasteiger partial charge in [-0.25, -0.2) is 8.78 Å². The SMILES string of the molecule is Cc1ccc(C(=O)CSc2ccc(F)cc2F)cc1[N+](=O)[O-]. The van der Waals surface area contributed by atoms with Crippen molar-refractivity contribution in [1.82, 2.24) is 0 Å². The van der Waals surface area contributed by atoms with E-state index < -0.39 is 16.6 Å². The number of hydrogen-bond acceptors (Lipinski definition) is 4. The molecule has 0 saturated heterocycles. The second-order valence-corrected chi connectivity index (χ2v) is 5.56. The summed E-state index contributed by atoms with van der Waals surface area (Å²) in [5.74, 6) is -1.89. The van der Waals surface area contributed by atoms with Crippen molar-refractivity contribution in [2.75, 3.05) is 5.75 Å². The minimum absolute atomic E-state index is 0.0945. The van der Waals surface area contributed by atoms with Crippen LogP contribution in [0.4, 0.5) is 14.5 Å². The van der Waals surface area contributed by atoms with Crippen LogP contribution in [0, 0.1) is 28.7 Å². The predicted molar refractivity (Wildman–Crippen MR) is 79.2 cm³/mol. The Bertz CT molecular complexity index is 750. The van der Waals surface area contributed by atoms with Gasteiger partial charge >= 0.3 is 0 Å². The number of ketones is 1. The Hall–Kier alpha value is -2.28. The number of aryl methyl sites for hydroxylation is 1. The van der Waals surface area contributed by atoms with Gasteiger partial charge in [-0.2, -0.15) is 0 Å². The van der Waals surface area contributed by atoms with Crippen LogP contribution in [-0.4, -0.2) is 16.5 Å². The van der Waals surface area contributed by atoms with E-state index in [1.165, 1.54) is 24.3 Å². The quantitative estimate of drug-likeness (QED) is 0.359. The lowest BCUT2D eigenvalue weighted by Crippen LogP contribution is -2.04. The highest BCUT2D eigenvalue weighted by Gasteiger charge is 2.15. The maximum atomic E-state index is 13.5. The summed E-state index contributed by atoms with van der Waals surface area (Å²) in [5.41, 5.74) is 0.509. The van der Waals surface area contributed by atoms with Gasteiger partial charge in [0.1, 0.15) is 11.6 Å². The lowest BCUT2D eigenvalue weighted by atomic mass is 10.1. The molecular weight excluding hydrogens is 312 g/mol. The van der Waals surface area contributed by atoms with Gasteiger partial charge in [0.15, 0.2) is 5.78 Å². The first kappa shape index (κ1) is 16.1. The van der Waals surface area contributed by atoms with E-state index in [1.807, 2.05) is 0 Å². The molecule has 2 aromatic rings. The summed E-state index contributed by atoms with van der Waals surface area (Å²) in [4.78, 5) is 22.5. The summed E-state index contributed by atoms with van der Waals surface area (Å²) >= 11 is 0.916. The number of rotatable bonds is 5. The number of nitro benzene ring substituents is 1. The highest BCUT2D eigenvalue weighted by atomic mass is 32.2. The lowest BCUT2D eigenvalue weighted by Gasteiger charge is -2.04. The Balaban J connectivity index is 2.12. The predicted octanol–water partition coefficient (Wildman–Crippen LogP) is 4.16. The monoisotopic (exact) mass is 323 g/mol. The van der Waals surface area contributed by atoms with Crippen LogP contribution in [0.1, 0.15) is 15.9 Å². The molecule has 0 N–H and O–H groups in total. The van der Waals surface area contributed by atoms with Crippen LogP contribution >= 0.6 is 11.8 Å². The van der Waals surface area contributed by atoms with E-state index >= 15 is 0 Å². The van der Waals surface area contributed by atoms with Crippen molar-refractivity contribution in [2.24, 2.45) is 0 Å². The molecule has 4 nitrogen and oxygen atoms in total. The molecule has 0 saturated carbocycles. The molecule has 7 heteroatoms. The first-order chi connectivity index (χ1) is 10.4. The highest BCUT2D eigenvalue weighted by molar-refractivity contribution is 8.00. The number of benzene rings is 2. The summed E-state index contributed by atoms with van der Waals surface area (Å²) in [6.45, 7) is 1.58. The largest absolute Gasteiger partial charge is 0.293 e. The molecule has 0 aromatic heterocycles. The van der Waals surface area contributed by atoms with E-state index in [4.69, 9.17) is 0 Å². The van der Waals surface area contributed by atoms with Crippen molar-refractivity contribution in [3.05, 3.63) is 69.3 Å². The van der Waals surface area contributed by atoms with E-state index in [0.717, 1.165) is 23.9 Å². The normalized spacial score (nSPS) is 10.5. The molecule has 0 bridgehead atoms. The second-order valence-electron chi connectivity index (χ2n) is 4.54. The van der Waals surface area contributed by atoms with Gasteiger partial charge in [-0.05, 0) is 19.1 Å². The topological polar surface area (TPSA) is 60.2 Å². The van der Waals surface area contributed by atoms with Crippen LogP contribution in [0.3, 0.4) is 0 Å². The Kier molecular flexibility index (Phi) is 4.87. The molecule has 0 unspecified atom stereocenters. The van der Waals surface area contributed by atoms with Gasteiger partial charge in [0.2, 0.25) is 0 Å². The number of thioether (sulfide) groups is 1. The summed E-state index contributed by atoms with van der Waals surface area (Å²) in [7, 11) is 0. The fourth-order valence-electron chi connectivity index (χ4n) is 1.80. The third-order valence-electron chi connectivity index (χ3n) is 2.98. The number of halogens is 2. The maximum Gasteiger partial charge on any atom is 0.273 e. The molecule has 0 aliphatic rings. The molecule has 2 aromatic carbocycles. The van der Waals surface area contributed by atoms with E-state index in [2.05, 4.69) is 0 Å². The number of carbonyl (C=O) groups is 1. The third kappa shape index (κ3) is 3.67. The standard InChI is InChI=1S/C15H11F2NO3S/c1-9-2-3-10(6-13(9)18(20)21)14(19)8-22-15-5-4-11(16)7-12(15)17/h2-7H,8H2,1H3. The molecule has 0 fully saturated rings. The van der Waals surface area contributed by atoms with Crippen molar-refractivity contribution in [1.29, 1.82) is 0 Å². The third-order valence-corrected chi connectivity index (χ3v) is 4.03. The van der Waals surface area contributed by atoms with Crippen LogP contribution in [0.15, 0.2) is 41.3 Å². The second kappa shape index (κ2) is 6.65. The summed E-state index contributed by atoms with van der Waals surface area (Å²) in [6, 6.07) is 7.29. The minimum atomic E-state index is -0.743. The molecule has 0 amide bonds. The number of nitro groups is 1. The number of Topliss-reactive ketones (excluding diaryl/α,β-unsaturated/α-hetero) is 1. The molecule has 0 heterocycles. The Morgan fingerprint density at radius 1 is 1.23 bits per heavy atom. The van der Waals surface area contributed by atoms with Gasteiger partial charge in [0.05, 0.1) is 10.7 Å². The van der Waals surface area contributed by atoms with Crippen LogP contribution in [-0.2, 0) is 0 Å². The Labute approximate surface area is 129 Å². The van der Waals surface area contributed by atoms with Gasteiger partial charge in [-0.3, -0.25) is 14.9 Å². The van der Waals surface area contributed by atoms with E-state index in [1.54, 1.807) is 6.92 Å². The van der Waals surface area contributed by atoms with Crippen molar-refractivity contribution in [3.8, 4) is 0 Å². The molecule has 0 spiro atoms. The van der Waals surface area contributed by atoms with Gasteiger partial charge in [-0.15, -0.1) is 11.8 Å². The molecule has 22 heavy (non-hydrogen) atoms. The molecular formula is C15H11F2NO3S. The van der Waals surface area contributed by atoms with Crippen LogP contribution in [0.5, 0.6) is 0 Å². The zero-order valence-electron chi connectivity index (χ0n) is 11.5. The van der Waals surface area contributed by atoms with Crippen LogP contribution < -0.4 is 0 Å². The first-order valence-electron chi connectivity index (χ1n) is 6.24. The summed E-state index contributed by atoms with van der Waals surface area (Å²) in [5, 5.41) is 10.9. The minimum Gasteiger partial charge on any atom is -0.293 e. The van der Waals surface area contributed by atoms with Gasteiger partial charge in [0.25, 0.3) is 5.69 Å². The zero-order chi connectivity index (χ0) is 16.3. The van der Waals surface area contributed by atoms with Gasteiger partial charge < -0.3 is 0 Å². The Morgan fingerprint density at radius 2 is 1.95 bits per heavy atom. The zero-order valence-corrected chi connectivity index (χ0v) is 12.3. The average Bonchev–Trinajstić information content (AvgIpc) is 2.46. The van der Waals surface area contributed by atoms with Crippen LogP contribution in [0.2, 0.25) is 0 Å². The maximum absolute atomic E-state index is 13.5. The van der Waals surface area contributed by atoms with Crippen LogP contribution in [0.25, 0.3) is 0 Å².